The quantitative estimate of drug-likeness (QED) is 0.778. The number of rotatable bonds is 5. The monoisotopic (exact) mass is 278 g/mol. The number of carboxylic acids is 1. The molecule has 0 aromatic carbocycles. The van der Waals surface area contributed by atoms with Gasteiger partial charge in [0.1, 0.15) is 0 Å². The fraction of sp³-hybridized carbons (Fsp3) is 0.765. The molecule has 0 radical (unpaired) electrons. The van der Waals surface area contributed by atoms with Crippen molar-refractivity contribution in [3.05, 3.63) is 11.6 Å². The average Bonchev–Trinajstić information content (AvgIpc) is 2.67. The number of carbonyl (C=O) groups is 2. The molecule has 2 aliphatic rings. The Labute approximate surface area is 121 Å². The van der Waals surface area contributed by atoms with E-state index in [-0.39, 0.29) is 22.5 Å². The highest BCUT2D eigenvalue weighted by Crippen LogP contribution is 2.65. The zero-order valence-electron chi connectivity index (χ0n) is 13.0. The van der Waals surface area contributed by atoms with Gasteiger partial charge in [0.25, 0.3) is 0 Å². The summed E-state index contributed by atoms with van der Waals surface area (Å²) >= 11 is 0. The Kier molecular flexibility index (Phi) is 3.83. The first-order valence-corrected chi connectivity index (χ1v) is 7.75. The molecule has 0 unspecified atom stereocenters. The SMILES string of the molecule is CCCC[C@H](/C=C1/C(=O)[C@]2(C)CC[C@H]1C2(C)C)C(=O)O. The Morgan fingerprint density at radius 3 is 2.55 bits per heavy atom. The number of hydrogen-bond acceptors (Lipinski definition) is 2. The smallest absolute Gasteiger partial charge is 0.310 e. The van der Waals surface area contributed by atoms with E-state index in [0.29, 0.717) is 6.42 Å². The summed E-state index contributed by atoms with van der Waals surface area (Å²) < 4.78 is 0. The molecule has 3 heteroatoms. The molecule has 2 rings (SSSR count). The summed E-state index contributed by atoms with van der Waals surface area (Å²) in [7, 11) is 0. The maximum Gasteiger partial charge on any atom is 0.310 e. The van der Waals surface area contributed by atoms with Gasteiger partial charge < -0.3 is 5.11 Å². The van der Waals surface area contributed by atoms with Crippen LogP contribution in [-0.4, -0.2) is 16.9 Å². The number of hydrogen-bond donors (Lipinski definition) is 1. The van der Waals surface area contributed by atoms with E-state index < -0.39 is 11.9 Å². The standard InChI is InChI=1S/C17H26O3/c1-5-6-7-11(15(19)20)10-12-13-8-9-17(4,14(12)18)16(13,2)3/h10-11,13H,5-9H2,1-4H3,(H,19,20)/b12-10+/t11-,13-,17+/m1/s1. The summed E-state index contributed by atoms with van der Waals surface area (Å²) in [5.74, 6) is -0.873. The van der Waals surface area contributed by atoms with Crippen LogP contribution in [0.3, 0.4) is 0 Å². The van der Waals surface area contributed by atoms with Crippen LogP contribution in [-0.2, 0) is 9.59 Å². The Bertz CT molecular complexity index is 461. The second-order valence-electron chi connectivity index (χ2n) is 7.18. The third-order valence-electron chi connectivity index (χ3n) is 5.93. The molecule has 3 nitrogen and oxygen atoms in total. The van der Waals surface area contributed by atoms with E-state index in [1.54, 1.807) is 6.08 Å². The lowest BCUT2D eigenvalue weighted by atomic mass is 9.70. The van der Waals surface area contributed by atoms with Crippen molar-refractivity contribution in [1.82, 2.24) is 0 Å². The van der Waals surface area contributed by atoms with Crippen LogP contribution in [0.1, 0.15) is 59.8 Å². The second-order valence-corrected chi connectivity index (χ2v) is 7.18. The maximum absolute atomic E-state index is 12.7. The third kappa shape index (κ3) is 2.02. The van der Waals surface area contributed by atoms with E-state index in [4.69, 9.17) is 0 Å². The van der Waals surface area contributed by atoms with Crippen molar-refractivity contribution in [2.24, 2.45) is 22.7 Å². The lowest BCUT2D eigenvalue weighted by Crippen LogP contribution is -2.32. The van der Waals surface area contributed by atoms with E-state index in [1.807, 2.05) is 0 Å². The van der Waals surface area contributed by atoms with Gasteiger partial charge in [-0.25, -0.2) is 0 Å². The van der Waals surface area contributed by atoms with E-state index in [2.05, 4.69) is 27.7 Å². The van der Waals surface area contributed by atoms with Crippen molar-refractivity contribution in [2.45, 2.75) is 59.8 Å². The largest absolute Gasteiger partial charge is 0.481 e. The van der Waals surface area contributed by atoms with Crippen molar-refractivity contribution in [1.29, 1.82) is 0 Å². The van der Waals surface area contributed by atoms with Crippen molar-refractivity contribution in [3.8, 4) is 0 Å². The zero-order valence-corrected chi connectivity index (χ0v) is 13.0. The van der Waals surface area contributed by atoms with Gasteiger partial charge in [-0.15, -0.1) is 0 Å². The van der Waals surface area contributed by atoms with Gasteiger partial charge in [0.2, 0.25) is 0 Å². The molecule has 0 aliphatic heterocycles. The van der Waals surface area contributed by atoms with E-state index >= 15 is 0 Å². The lowest BCUT2D eigenvalue weighted by Gasteiger charge is -2.31. The number of aliphatic carboxylic acids is 1. The molecule has 2 saturated carbocycles. The Morgan fingerprint density at radius 1 is 1.45 bits per heavy atom. The van der Waals surface area contributed by atoms with E-state index in [1.165, 1.54) is 0 Å². The molecule has 0 aromatic rings. The van der Waals surface area contributed by atoms with Crippen molar-refractivity contribution in [3.63, 3.8) is 0 Å². The molecule has 3 atom stereocenters. The Hall–Kier alpha value is -1.12. The summed E-state index contributed by atoms with van der Waals surface area (Å²) in [6.45, 7) is 8.42. The Morgan fingerprint density at radius 2 is 2.10 bits per heavy atom. The van der Waals surface area contributed by atoms with Gasteiger partial charge in [0.15, 0.2) is 5.78 Å². The number of carboxylic acid groups (broad SMARTS) is 1. The second kappa shape index (κ2) is 5.01. The molecule has 2 bridgehead atoms. The first-order valence-electron chi connectivity index (χ1n) is 7.75. The number of unbranched alkanes of at least 4 members (excludes halogenated alkanes) is 1. The van der Waals surface area contributed by atoms with Crippen molar-refractivity contribution >= 4 is 11.8 Å². The molecule has 112 valence electrons. The fourth-order valence-corrected chi connectivity index (χ4v) is 4.04. The van der Waals surface area contributed by atoms with Crippen LogP contribution in [0.25, 0.3) is 0 Å². The van der Waals surface area contributed by atoms with E-state index in [0.717, 1.165) is 31.3 Å². The predicted octanol–water partition coefficient (Wildman–Crippen LogP) is 3.83. The van der Waals surface area contributed by atoms with Crippen LogP contribution >= 0.6 is 0 Å². The fourth-order valence-electron chi connectivity index (χ4n) is 4.04. The molecule has 2 fully saturated rings. The minimum atomic E-state index is -0.801. The highest BCUT2D eigenvalue weighted by molar-refractivity contribution is 6.05. The number of fused-ring (bicyclic) bond motifs is 2. The summed E-state index contributed by atoms with van der Waals surface area (Å²) in [5, 5.41) is 9.36. The first kappa shape index (κ1) is 15.3. The third-order valence-corrected chi connectivity index (χ3v) is 5.93. The van der Waals surface area contributed by atoms with Gasteiger partial charge in [0.05, 0.1) is 5.92 Å². The first-order chi connectivity index (χ1) is 9.25. The van der Waals surface area contributed by atoms with Gasteiger partial charge in [0, 0.05) is 5.41 Å². The van der Waals surface area contributed by atoms with Crippen LogP contribution in [0.4, 0.5) is 0 Å². The summed E-state index contributed by atoms with van der Waals surface area (Å²) in [4.78, 5) is 24.1. The molecule has 1 N–H and O–H groups in total. The zero-order chi connectivity index (χ0) is 15.1. The number of allylic oxidation sites excluding steroid dienone is 1. The van der Waals surface area contributed by atoms with Crippen molar-refractivity contribution in [2.75, 3.05) is 0 Å². The maximum atomic E-state index is 12.7. The summed E-state index contributed by atoms with van der Waals surface area (Å²) in [6.07, 6.45) is 6.23. The molecule has 0 spiro atoms. The topological polar surface area (TPSA) is 54.4 Å². The minimum Gasteiger partial charge on any atom is -0.481 e. The number of ketones is 1. The molecule has 0 aromatic heterocycles. The van der Waals surface area contributed by atoms with Crippen molar-refractivity contribution < 1.29 is 14.7 Å². The predicted molar refractivity (Wildman–Crippen MR) is 78.4 cm³/mol. The van der Waals surface area contributed by atoms with Crippen LogP contribution in [0.15, 0.2) is 11.6 Å². The molecule has 2 aliphatic carbocycles. The molecule has 20 heavy (non-hydrogen) atoms. The molecule has 0 heterocycles. The van der Waals surface area contributed by atoms with Gasteiger partial charge >= 0.3 is 5.97 Å². The number of carbonyl (C=O) groups excluding carboxylic acids is 1. The molecular formula is C17H26O3. The summed E-state index contributed by atoms with van der Waals surface area (Å²) in [6, 6.07) is 0. The molecule has 0 amide bonds. The average molecular weight is 278 g/mol. The van der Waals surface area contributed by atoms with Crippen LogP contribution < -0.4 is 0 Å². The van der Waals surface area contributed by atoms with Gasteiger partial charge in [-0.05, 0) is 36.2 Å². The highest BCUT2D eigenvalue weighted by atomic mass is 16.4. The van der Waals surface area contributed by atoms with Crippen LogP contribution in [0, 0.1) is 22.7 Å². The van der Waals surface area contributed by atoms with Crippen LogP contribution in [0.5, 0.6) is 0 Å². The van der Waals surface area contributed by atoms with Crippen LogP contribution in [0.2, 0.25) is 0 Å². The summed E-state index contributed by atoms with van der Waals surface area (Å²) in [5.41, 5.74) is 0.466. The Balaban J connectivity index is 2.31. The molecular weight excluding hydrogens is 252 g/mol. The van der Waals surface area contributed by atoms with Gasteiger partial charge in [-0.2, -0.15) is 0 Å². The van der Waals surface area contributed by atoms with Gasteiger partial charge in [-0.3, -0.25) is 9.59 Å². The number of Topliss-reactive ketones (excluding diaryl/α,β-unsaturated/α-hetero) is 1. The molecule has 0 saturated heterocycles. The minimum absolute atomic E-state index is 0.0380. The van der Waals surface area contributed by atoms with E-state index in [9.17, 15) is 14.7 Å². The normalized spacial score (nSPS) is 34.7. The van der Waals surface area contributed by atoms with Gasteiger partial charge in [-0.1, -0.05) is 46.6 Å². The lowest BCUT2D eigenvalue weighted by molar-refractivity contribution is -0.140. The highest BCUT2D eigenvalue weighted by Gasteiger charge is 2.63.